The molecule has 8 heteroatoms. The number of aliphatic hydroxyl groups excluding tert-OH is 1. The van der Waals surface area contributed by atoms with Crippen molar-refractivity contribution in [2.45, 2.75) is 26.5 Å². The van der Waals surface area contributed by atoms with E-state index in [4.69, 9.17) is 4.74 Å². The summed E-state index contributed by atoms with van der Waals surface area (Å²) in [7, 11) is 0. The average molecular weight is 408 g/mol. The molecular weight excluding hydrogens is 387 g/mol. The fourth-order valence-electron chi connectivity index (χ4n) is 3.34. The normalized spacial score (nSPS) is 12.3. The van der Waals surface area contributed by atoms with Crippen molar-refractivity contribution in [3.8, 4) is 11.4 Å². The van der Waals surface area contributed by atoms with Gasteiger partial charge in [-0.1, -0.05) is 6.07 Å². The summed E-state index contributed by atoms with van der Waals surface area (Å²) in [4.78, 5) is 17.2. The zero-order valence-corrected chi connectivity index (χ0v) is 16.6. The fourth-order valence-corrected chi connectivity index (χ4v) is 3.34. The Morgan fingerprint density at radius 3 is 2.53 bits per heavy atom. The zero-order valence-electron chi connectivity index (χ0n) is 16.6. The van der Waals surface area contributed by atoms with Gasteiger partial charge in [-0.25, -0.2) is 14.1 Å². The SMILES string of the molecule is Cc1cc(C)cc(-n2ncc3c(=O)n(C[C@H](O)COc4ccc(F)cc4)cnc32)c1. The first kappa shape index (κ1) is 19.8. The second-order valence-corrected chi connectivity index (χ2v) is 7.26. The maximum atomic E-state index is 12.9. The summed E-state index contributed by atoms with van der Waals surface area (Å²) in [6, 6.07) is 11.5. The molecule has 7 nitrogen and oxygen atoms in total. The van der Waals surface area contributed by atoms with Gasteiger partial charge in [0.1, 0.15) is 36.0 Å². The Labute approximate surface area is 172 Å². The Bertz CT molecular complexity index is 1230. The smallest absolute Gasteiger partial charge is 0.264 e. The molecular formula is C22H21FN4O3. The molecule has 2 aromatic carbocycles. The molecule has 1 atom stereocenters. The van der Waals surface area contributed by atoms with E-state index in [-0.39, 0.29) is 24.5 Å². The summed E-state index contributed by atoms with van der Waals surface area (Å²) in [6.07, 6.45) is 1.94. The van der Waals surface area contributed by atoms with E-state index < -0.39 is 6.10 Å². The molecule has 0 saturated heterocycles. The second-order valence-electron chi connectivity index (χ2n) is 7.26. The summed E-state index contributed by atoms with van der Waals surface area (Å²) in [5.74, 6) is 0.0706. The maximum absolute atomic E-state index is 12.9. The van der Waals surface area contributed by atoms with Crippen LogP contribution in [0.1, 0.15) is 11.1 Å². The van der Waals surface area contributed by atoms with Gasteiger partial charge in [-0.15, -0.1) is 0 Å². The molecule has 0 aliphatic carbocycles. The number of aliphatic hydroxyl groups is 1. The molecule has 4 aromatic rings. The van der Waals surface area contributed by atoms with Crippen molar-refractivity contribution in [2.24, 2.45) is 0 Å². The lowest BCUT2D eigenvalue weighted by Gasteiger charge is -2.14. The summed E-state index contributed by atoms with van der Waals surface area (Å²) in [5, 5.41) is 15.0. The first-order valence-corrected chi connectivity index (χ1v) is 9.49. The van der Waals surface area contributed by atoms with E-state index >= 15 is 0 Å². The minimum absolute atomic E-state index is 0.0116. The molecule has 0 spiro atoms. The van der Waals surface area contributed by atoms with E-state index in [0.717, 1.165) is 16.8 Å². The summed E-state index contributed by atoms with van der Waals surface area (Å²) < 4.78 is 21.3. The number of nitrogens with zero attached hydrogens (tertiary/aromatic N) is 4. The molecule has 0 aliphatic heterocycles. The van der Waals surface area contributed by atoms with Crippen molar-refractivity contribution in [3.63, 3.8) is 0 Å². The predicted molar refractivity (Wildman–Crippen MR) is 111 cm³/mol. The Morgan fingerprint density at radius 2 is 1.83 bits per heavy atom. The van der Waals surface area contributed by atoms with Gasteiger partial charge in [-0.05, 0) is 61.4 Å². The monoisotopic (exact) mass is 408 g/mol. The largest absolute Gasteiger partial charge is 0.491 e. The molecule has 1 N–H and O–H groups in total. The Morgan fingerprint density at radius 1 is 1.13 bits per heavy atom. The van der Waals surface area contributed by atoms with E-state index in [2.05, 4.69) is 16.1 Å². The van der Waals surface area contributed by atoms with Crippen LogP contribution in [0.3, 0.4) is 0 Å². The van der Waals surface area contributed by atoms with Crippen LogP contribution in [0.5, 0.6) is 5.75 Å². The van der Waals surface area contributed by atoms with Gasteiger partial charge in [0.25, 0.3) is 5.56 Å². The van der Waals surface area contributed by atoms with Gasteiger partial charge in [0.15, 0.2) is 5.65 Å². The van der Waals surface area contributed by atoms with Crippen LogP contribution in [0.15, 0.2) is 59.8 Å². The van der Waals surface area contributed by atoms with E-state index in [1.54, 1.807) is 4.68 Å². The Hall–Kier alpha value is -3.52. The fraction of sp³-hybridized carbons (Fsp3) is 0.227. The Kier molecular flexibility index (Phi) is 5.33. The molecule has 0 aliphatic rings. The number of aryl methyl sites for hydroxylation is 2. The van der Waals surface area contributed by atoms with Crippen LogP contribution in [0.25, 0.3) is 16.7 Å². The van der Waals surface area contributed by atoms with Gasteiger partial charge in [0.05, 0.1) is 18.4 Å². The van der Waals surface area contributed by atoms with E-state index in [9.17, 15) is 14.3 Å². The van der Waals surface area contributed by atoms with Gasteiger partial charge in [-0.2, -0.15) is 5.10 Å². The van der Waals surface area contributed by atoms with Gasteiger partial charge in [-0.3, -0.25) is 9.36 Å². The molecule has 0 fully saturated rings. The quantitative estimate of drug-likeness (QED) is 0.531. The van der Waals surface area contributed by atoms with E-state index in [1.165, 1.54) is 41.4 Å². The van der Waals surface area contributed by atoms with Crippen LogP contribution >= 0.6 is 0 Å². The molecule has 0 unspecified atom stereocenters. The van der Waals surface area contributed by atoms with Crippen LogP contribution in [-0.4, -0.2) is 37.1 Å². The number of rotatable bonds is 6. The number of aromatic nitrogens is 4. The molecule has 30 heavy (non-hydrogen) atoms. The Balaban J connectivity index is 1.53. The van der Waals surface area contributed by atoms with Gasteiger partial charge in [0.2, 0.25) is 0 Å². The molecule has 2 aromatic heterocycles. The lowest BCUT2D eigenvalue weighted by molar-refractivity contribution is 0.0914. The molecule has 4 rings (SSSR count). The number of halogens is 1. The first-order valence-electron chi connectivity index (χ1n) is 9.49. The topological polar surface area (TPSA) is 82.2 Å². The molecule has 0 radical (unpaired) electrons. The predicted octanol–water partition coefficient (Wildman–Crippen LogP) is 2.78. The summed E-state index contributed by atoms with van der Waals surface area (Å²) in [5.41, 5.74) is 3.17. The van der Waals surface area contributed by atoms with Crippen LogP contribution < -0.4 is 10.3 Å². The van der Waals surface area contributed by atoms with Crippen LogP contribution in [-0.2, 0) is 6.54 Å². The van der Waals surface area contributed by atoms with Gasteiger partial charge >= 0.3 is 0 Å². The summed E-state index contributed by atoms with van der Waals surface area (Å²) in [6.45, 7) is 3.96. The van der Waals surface area contributed by atoms with Gasteiger partial charge in [0, 0.05) is 0 Å². The lowest BCUT2D eigenvalue weighted by atomic mass is 10.1. The molecule has 0 saturated carbocycles. The third-order valence-electron chi connectivity index (χ3n) is 4.67. The lowest BCUT2D eigenvalue weighted by Crippen LogP contribution is -2.30. The maximum Gasteiger partial charge on any atom is 0.264 e. The van der Waals surface area contributed by atoms with Crippen molar-refractivity contribution in [3.05, 3.63) is 82.3 Å². The van der Waals surface area contributed by atoms with Crippen molar-refractivity contribution in [1.29, 1.82) is 0 Å². The number of hydrogen-bond donors (Lipinski definition) is 1. The van der Waals surface area contributed by atoms with E-state index in [1.807, 2.05) is 26.0 Å². The van der Waals surface area contributed by atoms with Crippen molar-refractivity contribution >= 4 is 11.0 Å². The number of ether oxygens (including phenoxy) is 1. The highest BCUT2D eigenvalue weighted by molar-refractivity contribution is 5.75. The number of hydrogen-bond acceptors (Lipinski definition) is 5. The highest BCUT2D eigenvalue weighted by Crippen LogP contribution is 2.17. The van der Waals surface area contributed by atoms with Crippen LogP contribution in [0.4, 0.5) is 4.39 Å². The van der Waals surface area contributed by atoms with Crippen molar-refractivity contribution in [1.82, 2.24) is 19.3 Å². The average Bonchev–Trinajstić information content (AvgIpc) is 3.14. The van der Waals surface area contributed by atoms with Crippen LogP contribution in [0.2, 0.25) is 0 Å². The van der Waals surface area contributed by atoms with E-state index in [0.29, 0.717) is 16.8 Å². The second kappa shape index (κ2) is 8.08. The molecule has 154 valence electrons. The number of fused-ring (bicyclic) bond motifs is 1. The zero-order chi connectivity index (χ0) is 21.3. The molecule has 2 heterocycles. The standard InChI is InChI=1S/C22H21FN4O3/c1-14-7-15(2)9-17(8-14)27-21-20(10-25-27)22(29)26(13-24-21)11-18(28)12-30-19-5-3-16(23)4-6-19/h3-10,13,18,28H,11-12H2,1-2H3/t18-/m0/s1. The van der Waals surface area contributed by atoms with Gasteiger partial charge < -0.3 is 9.84 Å². The highest BCUT2D eigenvalue weighted by Gasteiger charge is 2.14. The molecule has 0 amide bonds. The molecule has 0 bridgehead atoms. The van der Waals surface area contributed by atoms with Crippen molar-refractivity contribution < 1.29 is 14.2 Å². The first-order chi connectivity index (χ1) is 14.4. The number of benzene rings is 2. The van der Waals surface area contributed by atoms with Crippen molar-refractivity contribution in [2.75, 3.05) is 6.61 Å². The summed E-state index contributed by atoms with van der Waals surface area (Å²) >= 11 is 0. The van der Waals surface area contributed by atoms with Crippen LogP contribution in [0, 0.1) is 19.7 Å². The minimum Gasteiger partial charge on any atom is -0.491 e. The third kappa shape index (κ3) is 4.08. The minimum atomic E-state index is -0.943. The highest BCUT2D eigenvalue weighted by atomic mass is 19.1. The third-order valence-corrected chi connectivity index (χ3v) is 4.67.